The van der Waals surface area contributed by atoms with Crippen LogP contribution < -0.4 is 5.32 Å². The van der Waals surface area contributed by atoms with Crippen LogP contribution in [0, 0.1) is 18.2 Å². The number of aliphatic hydroxyl groups is 1. The number of hydrogen-bond donors (Lipinski definition) is 2. The van der Waals surface area contributed by atoms with E-state index in [1.54, 1.807) is 12.1 Å². The molecular weight excluding hydrogens is 229 g/mol. The van der Waals surface area contributed by atoms with Crippen molar-refractivity contribution < 1.29 is 9.50 Å². The van der Waals surface area contributed by atoms with E-state index < -0.39 is 0 Å². The van der Waals surface area contributed by atoms with Crippen LogP contribution >= 0.6 is 0 Å². The normalized spacial score (nSPS) is 11.8. The zero-order valence-corrected chi connectivity index (χ0v) is 11.6. The van der Waals surface area contributed by atoms with Crippen LogP contribution in [0.5, 0.6) is 0 Å². The first kappa shape index (κ1) is 15.1. The van der Waals surface area contributed by atoms with Crippen molar-refractivity contribution in [2.75, 3.05) is 13.2 Å². The van der Waals surface area contributed by atoms with Gasteiger partial charge in [0.15, 0.2) is 0 Å². The molecule has 2 N–H and O–H groups in total. The van der Waals surface area contributed by atoms with Gasteiger partial charge in [-0.05, 0) is 43.0 Å². The van der Waals surface area contributed by atoms with Gasteiger partial charge in [-0.2, -0.15) is 0 Å². The minimum absolute atomic E-state index is 0.0543. The third-order valence-corrected chi connectivity index (χ3v) is 3.96. The molecule has 0 amide bonds. The summed E-state index contributed by atoms with van der Waals surface area (Å²) in [7, 11) is 0. The van der Waals surface area contributed by atoms with Crippen molar-refractivity contribution in [3.05, 3.63) is 35.1 Å². The van der Waals surface area contributed by atoms with E-state index in [0.717, 1.165) is 30.5 Å². The van der Waals surface area contributed by atoms with Gasteiger partial charge in [0.05, 0.1) is 0 Å². The highest BCUT2D eigenvalue weighted by molar-refractivity contribution is 5.26. The molecule has 0 aromatic heterocycles. The van der Waals surface area contributed by atoms with Crippen molar-refractivity contribution in [3.63, 3.8) is 0 Å². The van der Waals surface area contributed by atoms with Crippen LogP contribution in [-0.4, -0.2) is 18.3 Å². The fourth-order valence-electron chi connectivity index (χ4n) is 2.07. The highest BCUT2D eigenvalue weighted by Crippen LogP contribution is 2.24. The number of benzene rings is 1. The topological polar surface area (TPSA) is 32.3 Å². The van der Waals surface area contributed by atoms with Gasteiger partial charge in [-0.1, -0.05) is 19.9 Å². The smallest absolute Gasteiger partial charge is 0.123 e. The molecule has 102 valence electrons. The number of aliphatic hydroxyl groups excluding tert-OH is 1. The summed E-state index contributed by atoms with van der Waals surface area (Å²) in [4.78, 5) is 0. The summed E-state index contributed by atoms with van der Waals surface area (Å²) in [5.74, 6) is -0.197. The Labute approximate surface area is 109 Å². The maximum absolute atomic E-state index is 13.1. The Morgan fingerprint density at radius 1 is 1.28 bits per heavy atom. The van der Waals surface area contributed by atoms with Crippen molar-refractivity contribution in [1.82, 2.24) is 5.32 Å². The quantitative estimate of drug-likeness (QED) is 0.783. The van der Waals surface area contributed by atoms with Crippen LogP contribution in [0.4, 0.5) is 4.39 Å². The van der Waals surface area contributed by atoms with Gasteiger partial charge >= 0.3 is 0 Å². The lowest BCUT2D eigenvalue weighted by Crippen LogP contribution is -2.36. The van der Waals surface area contributed by atoms with E-state index in [1.165, 1.54) is 6.07 Å². The SMILES string of the molecule is CCC(CC)(CO)CNCc1cc(F)ccc1C. The van der Waals surface area contributed by atoms with Crippen molar-refractivity contribution >= 4 is 0 Å². The zero-order valence-electron chi connectivity index (χ0n) is 11.6. The number of rotatable bonds is 7. The van der Waals surface area contributed by atoms with E-state index in [-0.39, 0.29) is 17.8 Å². The molecule has 1 rings (SSSR count). The largest absolute Gasteiger partial charge is 0.396 e. The van der Waals surface area contributed by atoms with Crippen molar-refractivity contribution in [3.8, 4) is 0 Å². The molecule has 1 aromatic carbocycles. The van der Waals surface area contributed by atoms with Crippen LogP contribution in [0.15, 0.2) is 18.2 Å². The molecular formula is C15H24FNO. The van der Waals surface area contributed by atoms with E-state index in [4.69, 9.17) is 0 Å². The molecule has 0 aliphatic carbocycles. The van der Waals surface area contributed by atoms with Crippen molar-refractivity contribution in [2.45, 2.75) is 40.2 Å². The molecule has 0 unspecified atom stereocenters. The van der Waals surface area contributed by atoms with Gasteiger partial charge in [0.1, 0.15) is 5.82 Å². The van der Waals surface area contributed by atoms with Gasteiger partial charge in [-0.3, -0.25) is 0 Å². The maximum Gasteiger partial charge on any atom is 0.123 e. The average Bonchev–Trinajstić information content (AvgIpc) is 2.39. The Hall–Kier alpha value is -0.930. The standard InChI is InChI=1S/C15H24FNO/c1-4-15(5-2,11-18)10-17-9-13-8-14(16)7-6-12(13)3/h6-8,17-18H,4-5,9-11H2,1-3H3. The van der Waals surface area contributed by atoms with E-state index in [0.29, 0.717) is 6.54 Å². The van der Waals surface area contributed by atoms with Gasteiger partial charge in [0.2, 0.25) is 0 Å². The molecule has 0 aliphatic rings. The molecule has 0 radical (unpaired) electrons. The number of nitrogens with one attached hydrogen (secondary N) is 1. The van der Waals surface area contributed by atoms with E-state index >= 15 is 0 Å². The van der Waals surface area contributed by atoms with Gasteiger partial charge in [0.25, 0.3) is 0 Å². The van der Waals surface area contributed by atoms with Crippen molar-refractivity contribution in [1.29, 1.82) is 0 Å². The number of halogens is 1. The summed E-state index contributed by atoms with van der Waals surface area (Å²) < 4.78 is 13.1. The highest BCUT2D eigenvalue weighted by Gasteiger charge is 2.24. The number of hydrogen-bond acceptors (Lipinski definition) is 2. The first-order valence-corrected chi connectivity index (χ1v) is 6.63. The summed E-state index contributed by atoms with van der Waals surface area (Å²) in [5, 5.41) is 12.8. The molecule has 0 fully saturated rings. The minimum atomic E-state index is -0.197. The summed E-state index contributed by atoms with van der Waals surface area (Å²) >= 11 is 0. The first-order chi connectivity index (χ1) is 8.56. The van der Waals surface area contributed by atoms with Crippen LogP contribution in [-0.2, 0) is 6.54 Å². The lowest BCUT2D eigenvalue weighted by atomic mass is 9.83. The molecule has 0 aliphatic heterocycles. The van der Waals surface area contributed by atoms with Crippen LogP contribution in [0.2, 0.25) is 0 Å². The molecule has 0 atom stereocenters. The molecule has 0 heterocycles. The Morgan fingerprint density at radius 2 is 1.94 bits per heavy atom. The summed E-state index contributed by atoms with van der Waals surface area (Å²) in [5.41, 5.74) is 2.02. The third-order valence-electron chi connectivity index (χ3n) is 3.96. The molecule has 0 saturated carbocycles. The van der Waals surface area contributed by atoms with Crippen LogP contribution in [0.3, 0.4) is 0 Å². The molecule has 3 heteroatoms. The summed E-state index contributed by atoms with van der Waals surface area (Å²) in [6.45, 7) is 7.76. The zero-order chi connectivity index (χ0) is 13.6. The Morgan fingerprint density at radius 3 is 2.50 bits per heavy atom. The molecule has 1 aromatic rings. The monoisotopic (exact) mass is 253 g/mol. The van der Waals surface area contributed by atoms with Gasteiger partial charge in [-0.25, -0.2) is 4.39 Å². The average molecular weight is 253 g/mol. The lowest BCUT2D eigenvalue weighted by molar-refractivity contribution is 0.113. The van der Waals surface area contributed by atoms with Gasteiger partial charge in [-0.15, -0.1) is 0 Å². The highest BCUT2D eigenvalue weighted by atomic mass is 19.1. The predicted molar refractivity (Wildman–Crippen MR) is 72.9 cm³/mol. The first-order valence-electron chi connectivity index (χ1n) is 6.63. The second-order valence-electron chi connectivity index (χ2n) is 5.04. The molecule has 18 heavy (non-hydrogen) atoms. The second-order valence-corrected chi connectivity index (χ2v) is 5.04. The minimum Gasteiger partial charge on any atom is -0.396 e. The Kier molecular flexibility index (Phi) is 5.76. The molecule has 0 spiro atoms. The fraction of sp³-hybridized carbons (Fsp3) is 0.600. The summed E-state index contributed by atoms with van der Waals surface area (Å²) in [6.07, 6.45) is 1.88. The van der Waals surface area contributed by atoms with Crippen LogP contribution in [0.1, 0.15) is 37.8 Å². The Bertz CT molecular complexity index is 366. The van der Waals surface area contributed by atoms with Crippen LogP contribution in [0.25, 0.3) is 0 Å². The number of aryl methyl sites for hydroxylation is 1. The van der Waals surface area contributed by atoms with Crippen molar-refractivity contribution in [2.24, 2.45) is 5.41 Å². The van der Waals surface area contributed by atoms with E-state index in [2.05, 4.69) is 19.2 Å². The van der Waals surface area contributed by atoms with E-state index in [1.807, 2.05) is 6.92 Å². The summed E-state index contributed by atoms with van der Waals surface area (Å²) in [6, 6.07) is 4.85. The van der Waals surface area contributed by atoms with Gasteiger partial charge < -0.3 is 10.4 Å². The predicted octanol–water partition coefficient (Wildman–Crippen LogP) is 3.02. The molecule has 0 bridgehead atoms. The molecule has 2 nitrogen and oxygen atoms in total. The van der Waals surface area contributed by atoms with Gasteiger partial charge in [0, 0.05) is 25.1 Å². The second kappa shape index (κ2) is 6.86. The van der Waals surface area contributed by atoms with E-state index in [9.17, 15) is 9.50 Å². The third kappa shape index (κ3) is 3.79. The lowest BCUT2D eigenvalue weighted by Gasteiger charge is -2.29. The Balaban J connectivity index is 2.57. The molecule has 0 saturated heterocycles. The fourth-order valence-corrected chi connectivity index (χ4v) is 2.07. The maximum atomic E-state index is 13.1.